The normalized spacial score (nSPS) is 10.7. The zero-order valence-electron chi connectivity index (χ0n) is 9.03. The Balaban J connectivity index is 2.04. The second-order valence-electron chi connectivity index (χ2n) is 3.49. The van der Waals surface area contributed by atoms with Gasteiger partial charge in [0.25, 0.3) is 0 Å². The standard InChI is InChI=1S/C11H11ClN2S2/c1-7-3-8(2)14-10(4-7)15-6-9-5-13-11(12)16-9/h3-5H,6H2,1-2H3. The number of pyridine rings is 1. The fourth-order valence-corrected chi connectivity index (χ4v) is 3.40. The van der Waals surface area contributed by atoms with Crippen LogP contribution in [0.25, 0.3) is 0 Å². The van der Waals surface area contributed by atoms with Crippen LogP contribution in [0.1, 0.15) is 16.1 Å². The molecule has 0 aliphatic heterocycles. The van der Waals surface area contributed by atoms with Gasteiger partial charge in [0.15, 0.2) is 4.47 Å². The number of hydrogen-bond donors (Lipinski definition) is 0. The number of halogens is 1. The molecule has 0 unspecified atom stereocenters. The average molecular weight is 271 g/mol. The summed E-state index contributed by atoms with van der Waals surface area (Å²) in [4.78, 5) is 9.66. The molecule has 0 bridgehead atoms. The summed E-state index contributed by atoms with van der Waals surface area (Å²) in [5, 5.41) is 1.06. The van der Waals surface area contributed by atoms with E-state index in [1.165, 1.54) is 21.8 Å². The number of nitrogens with zero attached hydrogens (tertiary/aromatic N) is 2. The molecule has 0 amide bonds. The maximum absolute atomic E-state index is 5.78. The van der Waals surface area contributed by atoms with Gasteiger partial charge in [0, 0.05) is 22.5 Å². The van der Waals surface area contributed by atoms with Crippen molar-refractivity contribution in [2.75, 3.05) is 0 Å². The van der Waals surface area contributed by atoms with Gasteiger partial charge in [0.1, 0.15) is 0 Å². The Morgan fingerprint density at radius 2 is 2.19 bits per heavy atom. The van der Waals surface area contributed by atoms with Gasteiger partial charge in [-0.15, -0.1) is 23.1 Å². The Morgan fingerprint density at radius 3 is 2.81 bits per heavy atom. The number of hydrogen-bond acceptors (Lipinski definition) is 4. The second-order valence-corrected chi connectivity index (χ2v) is 6.19. The highest BCUT2D eigenvalue weighted by molar-refractivity contribution is 7.98. The van der Waals surface area contributed by atoms with Crippen molar-refractivity contribution in [2.24, 2.45) is 0 Å². The molecule has 2 aromatic heterocycles. The van der Waals surface area contributed by atoms with Gasteiger partial charge < -0.3 is 0 Å². The summed E-state index contributed by atoms with van der Waals surface area (Å²) in [6, 6.07) is 4.17. The maximum Gasteiger partial charge on any atom is 0.183 e. The van der Waals surface area contributed by atoms with Gasteiger partial charge in [0.2, 0.25) is 0 Å². The third-order valence-electron chi connectivity index (χ3n) is 1.96. The van der Waals surface area contributed by atoms with Crippen LogP contribution in [0.2, 0.25) is 4.47 Å². The largest absolute Gasteiger partial charge is 0.247 e. The van der Waals surface area contributed by atoms with E-state index >= 15 is 0 Å². The van der Waals surface area contributed by atoms with Crippen molar-refractivity contribution in [1.29, 1.82) is 0 Å². The predicted molar refractivity (Wildman–Crippen MR) is 70.4 cm³/mol. The Hall–Kier alpha value is -0.580. The summed E-state index contributed by atoms with van der Waals surface area (Å²) in [5.41, 5.74) is 2.31. The molecule has 2 rings (SSSR count). The van der Waals surface area contributed by atoms with Crippen molar-refractivity contribution in [3.63, 3.8) is 0 Å². The molecule has 0 spiro atoms. The van der Waals surface area contributed by atoms with E-state index in [-0.39, 0.29) is 0 Å². The molecule has 0 N–H and O–H groups in total. The molecule has 0 aliphatic carbocycles. The van der Waals surface area contributed by atoms with E-state index in [9.17, 15) is 0 Å². The Labute approximate surface area is 108 Å². The van der Waals surface area contributed by atoms with E-state index in [1.54, 1.807) is 11.8 Å². The van der Waals surface area contributed by atoms with Crippen LogP contribution in [-0.2, 0) is 5.75 Å². The summed E-state index contributed by atoms with van der Waals surface area (Å²) in [5.74, 6) is 0.875. The van der Waals surface area contributed by atoms with Gasteiger partial charge >= 0.3 is 0 Å². The van der Waals surface area contributed by atoms with Crippen LogP contribution in [0.15, 0.2) is 23.4 Å². The van der Waals surface area contributed by atoms with Crippen molar-refractivity contribution in [1.82, 2.24) is 9.97 Å². The minimum absolute atomic E-state index is 0.601. The molecule has 0 aromatic carbocycles. The van der Waals surface area contributed by atoms with E-state index < -0.39 is 0 Å². The molecule has 84 valence electrons. The van der Waals surface area contributed by atoms with Crippen molar-refractivity contribution in [2.45, 2.75) is 24.6 Å². The van der Waals surface area contributed by atoms with Crippen LogP contribution in [0.5, 0.6) is 0 Å². The highest BCUT2D eigenvalue weighted by Crippen LogP contribution is 2.26. The third kappa shape index (κ3) is 3.20. The van der Waals surface area contributed by atoms with E-state index in [4.69, 9.17) is 11.6 Å². The molecule has 0 saturated heterocycles. The van der Waals surface area contributed by atoms with E-state index in [1.807, 2.05) is 13.1 Å². The highest BCUT2D eigenvalue weighted by Gasteiger charge is 2.03. The first kappa shape index (κ1) is 11.9. The van der Waals surface area contributed by atoms with E-state index in [0.29, 0.717) is 4.47 Å². The topological polar surface area (TPSA) is 25.8 Å². The molecule has 0 atom stereocenters. The van der Waals surface area contributed by atoms with Crippen LogP contribution < -0.4 is 0 Å². The number of aromatic nitrogens is 2. The SMILES string of the molecule is Cc1cc(C)nc(SCc2cnc(Cl)s2)c1. The van der Waals surface area contributed by atoms with Gasteiger partial charge in [-0.1, -0.05) is 11.6 Å². The zero-order chi connectivity index (χ0) is 11.5. The van der Waals surface area contributed by atoms with Crippen LogP contribution >= 0.6 is 34.7 Å². The third-order valence-corrected chi connectivity index (χ3v) is 4.22. The van der Waals surface area contributed by atoms with Crippen molar-refractivity contribution >= 4 is 34.7 Å². The zero-order valence-corrected chi connectivity index (χ0v) is 11.4. The molecule has 0 saturated carbocycles. The van der Waals surface area contributed by atoms with Crippen LogP contribution in [0.3, 0.4) is 0 Å². The summed E-state index contributed by atoms with van der Waals surface area (Å²) in [6.07, 6.45) is 1.82. The van der Waals surface area contributed by atoms with Crippen molar-refractivity contribution < 1.29 is 0 Å². The monoisotopic (exact) mass is 270 g/mol. The number of aryl methyl sites for hydroxylation is 2. The number of thioether (sulfide) groups is 1. The van der Waals surface area contributed by atoms with Gasteiger partial charge in [-0.3, -0.25) is 0 Å². The lowest BCUT2D eigenvalue weighted by molar-refractivity contribution is 1.05. The van der Waals surface area contributed by atoms with Gasteiger partial charge in [-0.2, -0.15) is 0 Å². The Bertz CT molecular complexity index is 476. The molecular formula is C11H11ClN2S2. The first-order chi connectivity index (χ1) is 7.63. The average Bonchev–Trinajstić information content (AvgIpc) is 2.60. The quantitative estimate of drug-likeness (QED) is 0.786. The molecule has 5 heteroatoms. The Kier molecular flexibility index (Phi) is 3.84. The fourth-order valence-electron chi connectivity index (χ4n) is 1.37. The lowest BCUT2D eigenvalue weighted by Crippen LogP contribution is -1.87. The lowest BCUT2D eigenvalue weighted by atomic mass is 10.3. The summed E-state index contributed by atoms with van der Waals surface area (Å²) >= 11 is 9.01. The van der Waals surface area contributed by atoms with Gasteiger partial charge in [-0.25, -0.2) is 9.97 Å². The van der Waals surface area contributed by atoms with Gasteiger partial charge in [0.05, 0.1) is 5.03 Å². The maximum atomic E-state index is 5.78. The number of thiazole rings is 1. The second kappa shape index (κ2) is 5.17. The number of rotatable bonds is 3. The van der Waals surface area contributed by atoms with E-state index in [0.717, 1.165) is 16.5 Å². The summed E-state index contributed by atoms with van der Waals surface area (Å²) in [7, 11) is 0. The molecule has 0 aliphatic rings. The molecule has 0 radical (unpaired) electrons. The van der Waals surface area contributed by atoms with Crippen LogP contribution in [0, 0.1) is 13.8 Å². The molecule has 2 nitrogen and oxygen atoms in total. The summed E-state index contributed by atoms with van der Waals surface area (Å²) < 4.78 is 0.601. The predicted octanol–water partition coefficient (Wildman–Crippen LogP) is 4.10. The lowest BCUT2D eigenvalue weighted by Gasteiger charge is -2.02. The van der Waals surface area contributed by atoms with Crippen LogP contribution in [-0.4, -0.2) is 9.97 Å². The first-order valence-corrected chi connectivity index (χ1v) is 7.00. The van der Waals surface area contributed by atoms with E-state index in [2.05, 4.69) is 29.0 Å². The fraction of sp³-hybridized carbons (Fsp3) is 0.273. The van der Waals surface area contributed by atoms with Crippen molar-refractivity contribution in [3.8, 4) is 0 Å². The van der Waals surface area contributed by atoms with Gasteiger partial charge in [-0.05, 0) is 31.5 Å². The molecule has 2 heterocycles. The van der Waals surface area contributed by atoms with Crippen molar-refractivity contribution in [3.05, 3.63) is 38.9 Å². The Morgan fingerprint density at radius 1 is 1.38 bits per heavy atom. The molecule has 16 heavy (non-hydrogen) atoms. The smallest absolute Gasteiger partial charge is 0.183 e. The summed E-state index contributed by atoms with van der Waals surface area (Å²) in [6.45, 7) is 4.10. The minimum Gasteiger partial charge on any atom is -0.247 e. The molecular weight excluding hydrogens is 260 g/mol. The first-order valence-electron chi connectivity index (χ1n) is 4.82. The highest BCUT2D eigenvalue weighted by atomic mass is 35.5. The minimum atomic E-state index is 0.601. The molecule has 0 fully saturated rings. The van der Waals surface area contributed by atoms with Crippen LogP contribution in [0.4, 0.5) is 0 Å². The molecule has 2 aromatic rings.